The van der Waals surface area contributed by atoms with Crippen molar-refractivity contribution in [2.45, 2.75) is 11.8 Å². The molecular weight excluding hydrogens is 306 g/mol. The highest BCUT2D eigenvalue weighted by Gasteiger charge is 2.22. The molecule has 4 heteroatoms. The molecular formula is C19H15NO2S. The number of aryl methyl sites for hydroxylation is 1. The van der Waals surface area contributed by atoms with Crippen LogP contribution in [0.4, 0.5) is 0 Å². The first-order valence-electron chi connectivity index (χ1n) is 7.39. The normalized spacial score (nSPS) is 12.0. The average Bonchev–Trinajstić information content (AvgIpc) is 2.89. The van der Waals surface area contributed by atoms with Gasteiger partial charge in [0.15, 0.2) is 0 Å². The maximum Gasteiger partial charge on any atom is 0.268 e. The number of fused-ring (bicyclic) bond motifs is 3. The SMILES string of the molecule is Cc1ccc2c3ccccc3n(S(=O)(=O)c3ccccc3)c2c1. The summed E-state index contributed by atoms with van der Waals surface area (Å²) in [4.78, 5) is 0.296. The lowest BCUT2D eigenvalue weighted by Gasteiger charge is -2.09. The minimum absolute atomic E-state index is 0.296. The van der Waals surface area contributed by atoms with Crippen molar-refractivity contribution in [2.75, 3.05) is 0 Å². The Bertz CT molecular complexity index is 1130. The van der Waals surface area contributed by atoms with Gasteiger partial charge in [-0.25, -0.2) is 12.4 Å². The summed E-state index contributed by atoms with van der Waals surface area (Å²) in [5.74, 6) is 0. The molecule has 0 aliphatic rings. The Kier molecular flexibility index (Phi) is 3.03. The second-order valence-corrected chi connectivity index (χ2v) is 7.41. The quantitative estimate of drug-likeness (QED) is 0.551. The molecule has 4 aromatic rings. The molecule has 0 atom stereocenters. The van der Waals surface area contributed by atoms with E-state index in [0.717, 1.165) is 21.9 Å². The van der Waals surface area contributed by atoms with Gasteiger partial charge in [0, 0.05) is 10.8 Å². The lowest BCUT2D eigenvalue weighted by Crippen LogP contribution is -2.12. The molecule has 0 radical (unpaired) electrons. The van der Waals surface area contributed by atoms with Crippen LogP contribution in [0.3, 0.4) is 0 Å². The summed E-state index contributed by atoms with van der Waals surface area (Å²) in [6, 6.07) is 22.1. The molecule has 0 unspecified atom stereocenters. The van der Waals surface area contributed by atoms with Gasteiger partial charge in [0.2, 0.25) is 0 Å². The maximum atomic E-state index is 13.2. The minimum atomic E-state index is -3.65. The number of rotatable bonds is 2. The predicted octanol–water partition coefficient (Wildman–Crippen LogP) is 4.34. The monoisotopic (exact) mass is 321 g/mol. The molecule has 23 heavy (non-hydrogen) atoms. The van der Waals surface area contributed by atoms with Gasteiger partial charge in [-0.05, 0) is 36.8 Å². The van der Waals surface area contributed by atoms with Gasteiger partial charge in [-0.1, -0.05) is 48.5 Å². The molecule has 1 aromatic heterocycles. The Morgan fingerprint density at radius 2 is 1.39 bits per heavy atom. The van der Waals surface area contributed by atoms with E-state index in [9.17, 15) is 8.42 Å². The highest BCUT2D eigenvalue weighted by atomic mass is 32.2. The summed E-state index contributed by atoms with van der Waals surface area (Å²) in [7, 11) is -3.65. The van der Waals surface area contributed by atoms with E-state index < -0.39 is 10.0 Å². The van der Waals surface area contributed by atoms with Crippen molar-refractivity contribution in [3.05, 3.63) is 78.4 Å². The zero-order valence-corrected chi connectivity index (χ0v) is 13.4. The number of hydrogen-bond acceptors (Lipinski definition) is 2. The van der Waals surface area contributed by atoms with Gasteiger partial charge in [-0.2, -0.15) is 0 Å². The van der Waals surface area contributed by atoms with Crippen LogP contribution in [0.25, 0.3) is 21.8 Å². The summed E-state index contributed by atoms with van der Waals surface area (Å²) in [5.41, 5.74) is 2.46. The van der Waals surface area contributed by atoms with Gasteiger partial charge >= 0.3 is 0 Å². The van der Waals surface area contributed by atoms with Crippen LogP contribution in [0.5, 0.6) is 0 Å². The summed E-state index contributed by atoms with van der Waals surface area (Å²) in [6.07, 6.45) is 0. The first-order chi connectivity index (χ1) is 11.1. The third kappa shape index (κ3) is 2.06. The van der Waals surface area contributed by atoms with E-state index in [4.69, 9.17) is 0 Å². The van der Waals surface area contributed by atoms with Crippen LogP contribution in [0.2, 0.25) is 0 Å². The van der Waals surface area contributed by atoms with Gasteiger partial charge < -0.3 is 0 Å². The molecule has 0 saturated carbocycles. The van der Waals surface area contributed by atoms with E-state index in [1.54, 1.807) is 24.3 Å². The van der Waals surface area contributed by atoms with Gasteiger partial charge in [0.25, 0.3) is 10.0 Å². The fourth-order valence-electron chi connectivity index (χ4n) is 3.00. The topological polar surface area (TPSA) is 39.1 Å². The van der Waals surface area contributed by atoms with Crippen molar-refractivity contribution in [3.8, 4) is 0 Å². The van der Waals surface area contributed by atoms with Crippen molar-refractivity contribution in [2.24, 2.45) is 0 Å². The third-order valence-electron chi connectivity index (χ3n) is 4.07. The maximum absolute atomic E-state index is 13.2. The zero-order chi connectivity index (χ0) is 16.0. The summed E-state index contributed by atoms with van der Waals surface area (Å²) < 4.78 is 27.9. The molecule has 0 bridgehead atoms. The van der Waals surface area contributed by atoms with E-state index in [2.05, 4.69) is 0 Å². The minimum Gasteiger partial charge on any atom is -0.233 e. The third-order valence-corrected chi connectivity index (χ3v) is 5.81. The number of nitrogens with zero attached hydrogens (tertiary/aromatic N) is 1. The predicted molar refractivity (Wildman–Crippen MR) is 93.2 cm³/mol. The molecule has 1 heterocycles. The molecule has 0 amide bonds. The molecule has 4 rings (SSSR count). The summed E-state index contributed by atoms with van der Waals surface area (Å²) >= 11 is 0. The summed E-state index contributed by atoms with van der Waals surface area (Å²) in [5, 5.41) is 1.90. The molecule has 0 spiro atoms. The molecule has 0 fully saturated rings. The molecule has 114 valence electrons. The lowest BCUT2D eigenvalue weighted by atomic mass is 10.1. The first-order valence-corrected chi connectivity index (χ1v) is 8.83. The average molecular weight is 321 g/mol. The lowest BCUT2D eigenvalue weighted by molar-refractivity contribution is 0.590. The van der Waals surface area contributed by atoms with Crippen LogP contribution in [0.15, 0.2) is 77.7 Å². The highest BCUT2D eigenvalue weighted by molar-refractivity contribution is 7.90. The molecule has 0 aliphatic heterocycles. The smallest absolute Gasteiger partial charge is 0.233 e. The molecule has 3 aromatic carbocycles. The fourth-order valence-corrected chi connectivity index (χ4v) is 4.54. The van der Waals surface area contributed by atoms with Crippen molar-refractivity contribution in [1.82, 2.24) is 3.97 Å². The van der Waals surface area contributed by atoms with E-state index in [0.29, 0.717) is 10.4 Å². The summed E-state index contributed by atoms with van der Waals surface area (Å²) in [6.45, 7) is 1.97. The zero-order valence-electron chi connectivity index (χ0n) is 12.6. The first kappa shape index (κ1) is 14.0. The van der Waals surface area contributed by atoms with Gasteiger partial charge in [-0.3, -0.25) is 0 Å². The number of benzene rings is 3. The van der Waals surface area contributed by atoms with Crippen LogP contribution in [0.1, 0.15) is 5.56 Å². The Labute approximate surface area is 134 Å². The highest BCUT2D eigenvalue weighted by Crippen LogP contribution is 2.32. The van der Waals surface area contributed by atoms with Crippen LogP contribution < -0.4 is 0 Å². The Morgan fingerprint density at radius 3 is 2.17 bits per heavy atom. The van der Waals surface area contributed by atoms with Gasteiger partial charge in [0.1, 0.15) is 0 Å². The molecule has 0 saturated heterocycles. The standard InChI is InChI=1S/C19H15NO2S/c1-14-11-12-17-16-9-5-6-10-18(16)20(19(17)13-14)23(21,22)15-7-3-2-4-8-15/h2-13H,1H3. The van der Waals surface area contributed by atoms with E-state index in [1.807, 2.05) is 55.5 Å². The van der Waals surface area contributed by atoms with Crippen LogP contribution in [-0.4, -0.2) is 12.4 Å². The molecule has 3 nitrogen and oxygen atoms in total. The number of hydrogen-bond donors (Lipinski definition) is 0. The largest absolute Gasteiger partial charge is 0.268 e. The van der Waals surface area contributed by atoms with E-state index in [-0.39, 0.29) is 0 Å². The Hall–Kier alpha value is -2.59. The van der Waals surface area contributed by atoms with Crippen LogP contribution in [0, 0.1) is 6.92 Å². The second-order valence-electron chi connectivity index (χ2n) is 5.62. The fraction of sp³-hybridized carbons (Fsp3) is 0.0526. The van der Waals surface area contributed by atoms with Crippen molar-refractivity contribution in [1.29, 1.82) is 0 Å². The van der Waals surface area contributed by atoms with Crippen molar-refractivity contribution in [3.63, 3.8) is 0 Å². The van der Waals surface area contributed by atoms with Gasteiger partial charge in [0.05, 0.1) is 15.9 Å². The van der Waals surface area contributed by atoms with Gasteiger partial charge in [-0.15, -0.1) is 0 Å². The molecule has 0 N–H and O–H groups in total. The van der Waals surface area contributed by atoms with E-state index >= 15 is 0 Å². The number of para-hydroxylation sites is 1. The Morgan fingerprint density at radius 1 is 0.739 bits per heavy atom. The Balaban J connectivity index is 2.19. The second kappa shape index (κ2) is 4.96. The van der Waals surface area contributed by atoms with Crippen molar-refractivity contribution >= 4 is 31.8 Å². The van der Waals surface area contributed by atoms with Crippen LogP contribution >= 0.6 is 0 Å². The van der Waals surface area contributed by atoms with Crippen molar-refractivity contribution < 1.29 is 8.42 Å². The number of aromatic nitrogens is 1. The van der Waals surface area contributed by atoms with E-state index in [1.165, 1.54) is 3.97 Å². The molecule has 0 aliphatic carbocycles. The van der Waals surface area contributed by atoms with Crippen LogP contribution in [-0.2, 0) is 10.0 Å².